The minimum atomic E-state index is -1.34. The fraction of sp³-hybridized carbons (Fsp3) is 0.650. The Bertz CT molecular complexity index is 643. The van der Waals surface area contributed by atoms with Crippen LogP contribution in [0.1, 0.15) is 58.9 Å². The van der Waals surface area contributed by atoms with Crippen molar-refractivity contribution in [2.24, 2.45) is 16.7 Å². The maximum atomic E-state index is 12.0. The number of carbonyl (C=O) groups is 1. The highest BCUT2D eigenvalue weighted by Crippen LogP contribution is 2.60. The van der Waals surface area contributed by atoms with Crippen LogP contribution in [-0.4, -0.2) is 16.7 Å². The normalized spacial score (nSPS) is 34.9. The lowest BCUT2D eigenvalue weighted by molar-refractivity contribution is -0.291. The van der Waals surface area contributed by atoms with Gasteiger partial charge < -0.3 is 14.3 Å². The number of furan rings is 1. The van der Waals surface area contributed by atoms with Crippen molar-refractivity contribution in [1.29, 1.82) is 0 Å². The van der Waals surface area contributed by atoms with Crippen LogP contribution in [0, 0.1) is 16.7 Å². The third-order valence-electron chi connectivity index (χ3n) is 6.21. The number of aryl methyl sites for hydroxylation is 1. The van der Waals surface area contributed by atoms with Crippen LogP contribution in [0.4, 0.5) is 0 Å². The summed E-state index contributed by atoms with van der Waals surface area (Å²) in [4.78, 5) is 12.0. The summed E-state index contributed by atoms with van der Waals surface area (Å²) >= 11 is 0. The molecule has 1 aromatic rings. The number of Topliss-reactive ketones (excluding diaryl/α,β-unsaturated/α-hetero) is 1. The van der Waals surface area contributed by atoms with Crippen molar-refractivity contribution < 1.29 is 19.1 Å². The Balaban J connectivity index is 1.97. The molecule has 0 spiro atoms. The summed E-state index contributed by atoms with van der Waals surface area (Å²) < 4.78 is 11.1. The molecule has 1 N–H and O–H groups in total. The molecule has 2 heterocycles. The van der Waals surface area contributed by atoms with E-state index in [-0.39, 0.29) is 17.1 Å². The molecule has 1 saturated carbocycles. The van der Waals surface area contributed by atoms with E-state index >= 15 is 0 Å². The summed E-state index contributed by atoms with van der Waals surface area (Å²) in [6.07, 6.45) is 9.43. The van der Waals surface area contributed by atoms with Crippen LogP contribution in [-0.2, 0) is 16.0 Å². The Labute approximate surface area is 143 Å². The van der Waals surface area contributed by atoms with Gasteiger partial charge in [-0.3, -0.25) is 4.79 Å². The number of carbonyl (C=O) groups excluding carboxylic acids is 1. The predicted molar refractivity (Wildman–Crippen MR) is 91.1 cm³/mol. The molecule has 1 aliphatic carbocycles. The van der Waals surface area contributed by atoms with Crippen LogP contribution < -0.4 is 0 Å². The summed E-state index contributed by atoms with van der Waals surface area (Å²) in [7, 11) is 0. The molecule has 1 aromatic heterocycles. The van der Waals surface area contributed by atoms with Crippen molar-refractivity contribution in [3.05, 3.63) is 36.0 Å². The van der Waals surface area contributed by atoms with Gasteiger partial charge in [-0.1, -0.05) is 27.2 Å². The number of hydrogen-bond donors (Lipinski definition) is 1. The number of aliphatic hydroxyl groups is 1. The van der Waals surface area contributed by atoms with Gasteiger partial charge in [0.25, 0.3) is 0 Å². The third kappa shape index (κ3) is 2.71. The molecular weight excluding hydrogens is 304 g/mol. The van der Waals surface area contributed by atoms with Crippen molar-refractivity contribution >= 4 is 5.78 Å². The van der Waals surface area contributed by atoms with Crippen LogP contribution in [0.2, 0.25) is 0 Å². The summed E-state index contributed by atoms with van der Waals surface area (Å²) in [5.74, 6) is -1.05. The standard InChI is InChI=1S/C20H28O4/c1-14(21)16-12-17-18(2,3)8-5-9-19(17,4)20(22,24-16)10-6-15-7-11-23-13-15/h7,11-13,17,22H,5-6,8-10H2,1-4H3. The first-order valence-electron chi connectivity index (χ1n) is 8.83. The molecule has 24 heavy (non-hydrogen) atoms. The van der Waals surface area contributed by atoms with Gasteiger partial charge in [0.15, 0.2) is 11.5 Å². The monoisotopic (exact) mass is 332 g/mol. The highest BCUT2D eigenvalue weighted by molar-refractivity contribution is 5.91. The molecule has 4 heteroatoms. The van der Waals surface area contributed by atoms with Gasteiger partial charge in [-0.25, -0.2) is 0 Å². The Kier molecular flexibility index (Phi) is 4.15. The minimum Gasteiger partial charge on any atom is -0.472 e. The smallest absolute Gasteiger partial charge is 0.214 e. The molecule has 0 aromatic carbocycles. The Morgan fingerprint density at radius 2 is 2.08 bits per heavy atom. The van der Waals surface area contributed by atoms with Gasteiger partial charge in [0.05, 0.1) is 12.5 Å². The summed E-state index contributed by atoms with van der Waals surface area (Å²) in [6, 6.07) is 1.90. The van der Waals surface area contributed by atoms with Crippen LogP contribution in [0.5, 0.6) is 0 Å². The van der Waals surface area contributed by atoms with E-state index in [9.17, 15) is 9.90 Å². The second-order valence-corrected chi connectivity index (χ2v) is 8.34. The van der Waals surface area contributed by atoms with E-state index in [1.807, 2.05) is 12.1 Å². The molecule has 132 valence electrons. The number of ketones is 1. The topological polar surface area (TPSA) is 59.7 Å². The van der Waals surface area contributed by atoms with Crippen LogP contribution in [0.15, 0.2) is 34.8 Å². The fourth-order valence-corrected chi connectivity index (χ4v) is 4.69. The van der Waals surface area contributed by atoms with E-state index in [0.29, 0.717) is 18.6 Å². The molecule has 1 fully saturated rings. The lowest BCUT2D eigenvalue weighted by atomic mass is 9.52. The summed E-state index contributed by atoms with van der Waals surface area (Å²) in [5.41, 5.74) is 0.652. The minimum absolute atomic E-state index is 0.0289. The molecule has 3 atom stereocenters. The second kappa shape index (κ2) is 5.76. The van der Waals surface area contributed by atoms with Gasteiger partial charge in [-0.05, 0) is 48.3 Å². The molecule has 2 aliphatic rings. The summed E-state index contributed by atoms with van der Waals surface area (Å²) in [6.45, 7) is 8.07. The Hall–Kier alpha value is -1.55. The molecule has 0 radical (unpaired) electrons. The Morgan fingerprint density at radius 1 is 1.33 bits per heavy atom. The van der Waals surface area contributed by atoms with Crippen LogP contribution in [0.25, 0.3) is 0 Å². The lowest BCUT2D eigenvalue weighted by Crippen LogP contribution is -2.60. The van der Waals surface area contributed by atoms with Crippen molar-refractivity contribution in [2.45, 2.75) is 65.6 Å². The maximum absolute atomic E-state index is 12.0. The molecule has 0 saturated heterocycles. The molecule has 3 unspecified atom stereocenters. The van der Waals surface area contributed by atoms with Crippen LogP contribution >= 0.6 is 0 Å². The van der Waals surface area contributed by atoms with E-state index in [0.717, 1.165) is 24.8 Å². The lowest BCUT2D eigenvalue weighted by Gasteiger charge is -2.58. The zero-order valence-electron chi connectivity index (χ0n) is 15.1. The van der Waals surface area contributed by atoms with Gasteiger partial charge in [0.1, 0.15) is 0 Å². The first kappa shape index (κ1) is 17.3. The number of hydrogen-bond acceptors (Lipinski definition) is 4. The van der Waals surface area contributed by atoms with Gasteiger partial charge in [0.2, 0.25) is 5.79 Å². The van der Waals surface area contributed by atoms with E-state index in [1.165, 1.54) is 6.92 Å². The van der Waals surface area contributed by atoms with Crippen LogP contribution in [0.3, 0.4) is 0 Å². The highest BCUT2D eigenvalue weighted by atomic mass is 16.6. The first-order valence-corrected chi connectivity index (χ1v) is 8.83. The van der Waals surface area contributed by atoms with E-state index in [4.69, 9.17) is 9.15 Å². The predicted octanol–water partition coefficient (Wildman–Crippen LogP) is 4.24. The second-order valence-electron chi connectivity index (χ2n) is 8.34. The summed E-state index contributed by atoms with van der Waals surface area (Å²) in [5, 5.41) is 11.5. The van der Waals surface area contributed by atoms with Crippen molar-refractivity contribution in [1.82, 2.24) is 0 Å². The Morgan fingerprint density at radius 3 is 2.71 bits per heavy atom. The van der Waals surface area contributed by atoms with E-state index in [2.05, 4.69) is 20.8 Å². The number of ether oxygens (including phenoxy) is 1. The van der Waals surface area contributed by atoms with Crippen molar-refractivity contribution in [3.8, 4) is 0 Å². The first-order chi connectivity index (χ1) is 11.2. The largest absolute Gasteiger partial charge is 0.472 e. The van der Waals surface area contributed by atoms with E-state index in [1.54, 1.807) is 12.5 Å². The van der Waals surface area contributed by atoms with Crippen molar-refractivity contribution in [3.63, 3.8) is 0 Å². The quantitative estimate of drug-likeness (QED) is 0.896. The molecule has 1 aliphatic heterocycles. The molecule has 0 amide bonds. The fourth-order valence-electron chi connectivity index (χ4n) is 4.69. The van der Waals surface area contributed by atoms with Gasteiger partial charge in [0, 0.05) is 18.8 Å². The van der Waals surface area contributed by atoms with Gasteiger partial charge >= 0.3 is 0 Å². The molecule has 3 rings (SSSR count). The SMILES string of the molecule is CC(=O)C1=CC2C(C)(C)CCCC2(C)C(O)(CCc2ccoc2)O1. The number of allylic oxidation sites excluding steroid dienone is 2. The average molecular weight is 332 g/mol. The zero-order valence-corrected chi connectivity index (χ0v) is 15.1. The number of rotatable bonds is 4. The zero-order chi connectivity index (χ0) is 17.6. The third-order valence-corrected chi connectivity index (χ3v) is 6.21. The average Bonchev–Trinajstić information content (AvgIpc) is 3.00. The number of fused-ring (bicyclic) bond motifs is 1. The molecule has 0 bridgehead atoms. The van der Waals surface area contributed by atoms with Gasteiger partial charge in [-0.2, -0.15) is 0 Å². The highest BCUT2D eigenvalue weighted by Gasteiger charge is 2.60. The van der Waals surface area contributed by atoms with Gasteiger partial charge in [-0.15, -0.1) is 0 Å². The molecule has 4 nitrogen and oxygen atoms in total. The molecular formula is C20H28O4. The van der Waals surface area contributed by atoms with Crippen molar-refractivity contribution in [2.75, 3.05) is 0 Å². The maximum Gasteiger partial charge on any atom is 0.214 e. The van der Waals surface area contributed by atoms with E-state index < -0.39 is 11.2 Å².